The molecule has 8 rings (SSSR count). The fourth-order valence-corrected chi connectivity index (χ4v) is 8.95. The highest BCUT2D eigenvalue weighted by molar-refractivity contribution is 7.80. The van der Waals surface area contributed by atoms with E-state index in [0.717, 1.165) is 51.5 Å². The summed E-state index contributed by atoms with van der Waals surface area (Å²) in [7, 11) is 0. The summed E-state index contributed by atoms with van der Waals surface area (Å²) < 4.78 is 2.22. The largest absolute Gasteiger partial charge is 0.318 e. The number of benzene rings is 2. The number of nitrogens with zero attached hydrogens (tertiary/aromatic N) is 2. The van der Waals surface area contributed by atoms with Crippen LogP contribution in [0.5, 0.6) is 0 Å². The van der Waals surface area contributed by atoms with E-state index in [9.17, 15) is 9.59 Å². The first-order chi connectivity index (χ1) is 19.6. The van der Waals surface area contributed by atoms with Crippen molar-refractivity contribution in [3.8, 4) is 5.69 Å². The molecule has 0 spiro atoms. The number of nitrogens with one attached hydrogen (secondary N) is 1. The molecule has 0 radical (unpaired) electrons. The Morgan fingerprint density at radius 2 is 1.44 bits per heavy atom. The van der Waals surface area contributed by atoms with Crippen LogP contribution < -0.4 is 10.2 Å². The first-order valence-corrected chi connectivity index (χ1v) is 15.3. The highest BCUT2D eigenvalue weighted by Crippen LogP contribution is 2.60. The number of aryl methyl sites for hydroxylation is 3. The zero-order valence-electron chi connectivity index (χ0n) is 24.3. The molecule has 1 aliphatic heterocycles. The summed E-state index contributed by atoms with van der Waals surface area (Å²) in [5.74, 6) is 1.89. The van der Waals surface area contributed by atoms with Gasteiger partial charge >= 0.3 is 0 Å². The van der Waals surface area contributed by atoms with Crippen molar-refractivity contribution >= 4 is 40.9 Å². The molecule has 5 fully saturated rings. The van der Waals surface area contributed by atoms with Gasteiger partial charge in [-0.1, -0.05) is 18.2 Å². The first-order valence-electron chi connectivity index (χ1n) is 14.9. The van der Waals surface area contributed by atoms with Crippen LogP contribution in [-0.4, -0.2) is 21.5 Å². The summed E-state index contributed by atoms with van der Waals surface area (Å²) in [6.07, 6.45) is 10.1. The van der Waals surface area contributed by atoms with Crippen molar-refractivity contribution in [3.05, 3.63) is 87.7 Å². The van der Waals surface area contributed by atoms with Crippen molar-refractivity contribution < 1.29 is 9.59 Å². The van der Waals surface area contributed by atoms with Gasteiger partial charge in [0.2, 0.25) is 0 Å². The highest BCUT2D eigenvalue weighted by atomic mass is 32.1. The number of carbonyl (C=O) groups is 2. The van der Waals surface area contributed by atoms with E-state index < -0.39 is 11.8 Å². The predicted octanol–water partition coefficient (Wildman–Crippen LogP) is 7.01. The SMILES string of the molecule is Cc1ccc(N2C(=O)/C(=C/c3cc(C)n(-c4ccc(C56CC7CC(CC(C7)C5)C6)cc4)c3C)C(=O)NC2=S)cc1C. The third-order valence-corrected chi connectivity index (χ3v) is 10.7. The summed E-state index contributed by atoms with van der Waals surface area (Å²) in [6.45, 7) is 8.13. The quantitative estimate of drug-likeness (QED) is 0.211. The third kappa shape index (κ3) is 4.30. The summed E-state index contributed by atoms with van der Waals surface area (Å²) >= 11 is 5.41. The maximum absolute atomic E-state index is 13.6. The molecule has 4 saturated carbocycles. The van der Waals surface area contributed by atoms with E-state index in [1.165, 1.54) is 49.0 Å². The van der Waals surface area contributed by atoms with Crippen molar-refractivity contribution in [2.75, 3.05) is 4.90 Å². The molecule has 2 amide bonds. The number of thiocarbonyl (C=S) groups is 1. The van der Waals surface area contributed by atoms with Crippen LogP contribution in [0, 0.1) is 45.4 Å². The average molecular weight is 564 g/mol. The van der Waals surface area contributed by atoms with Crippen LogP contribution in [0.2, 0.25) is 0 Å². The molecule has 2 heterocycles. The fourth-order valence-electron chi connectivity index (χ4n) is 8.67. The standard InChI is InChI=1S/C35H37N3O2S/c1-20-5-8-30(11-21(20)2)38-33(40)31(32(39)36-34(38)41)16-27-12-22(3)37(23(27)4)29-9-6-28(7-10-29)35-17-24-13-25(18-35)15-26(14-24)19-35/h5-12,16,24-26H,13-15,17-19H2,1-4H3,(H,36,39,41)/b31-16+. The molecule has 210 valence electrons. The van der Waals surface area contributed by atoms with Gasteiger partial charge in [-0.05, 0) is 160 Å². The Balaban J connectivity index is 1.19. The van der Waals surface area contributed by atoms with E-state index in [-0.39, 0.29) is 10.7 Å². The van der Waals surface area contributed by atoms with Crippen LogP contribution in [0.25, 0.3) is 11.8 Å². The summed E-state index contributed by atoms with van der Waals surface area (Å²) in [6, 6.07) is 17.0. The van der Waals surface area contributed by atoms with Gasteiger partial charge in [0, 0.05) is 17.1 Å². The van der Waals surface area contributed by atoms with E-state index in [2.05, 4.69) is 41.1 Å². The Morgan fingerprint density at radius 1 is 0.829 bits per heavy atom. The van der Waals surface area contributed by atoms with Crippen molar-refractivity contribution in [2.45, 2.75) is 71.6 Å². The molecule has 1 N–H and O–H groups in total. The molecule has 0 unspecified atom stereocenters. The molecule has 6 heteroatoms. The molecule has 2 aromatic carbocycles. The van der Waals surface area contributed by atoms with Crippen LogP contribution in [0.1, 0.15) is 72.2 Å². The average Bonchev–Trinajstić information content (AvgIpc) is 3.20. The highest BCUT2D eigenvalue weighted by Gasteiger charge is 2.51. The van der Waals surface area contributed by atoms with Gasteiger partial charge in [-0.3, -0.25) is 19.8 Å². The third-order valence-electron chi connectivity index (χ3n) is 10.4. The first kappa shape index (κ1) is 26.4. The Morgan fingerprint density at radius 3 is 2.05 bits per heavy atom. The second kappa shape index (κ2) is 9.52. The Labute approximate surface area is 247 Å². The minimum atomic E-state index is -0.468. The number of aromatic nitrogens is 1. The summed E-state index contributed by atoms with van der Waals surface area (Å²) in [5, 5.41) is 2.82. The van der Waals surface area contributed by atoms with Crippen molar-refractivity contribution in [2.24, 2.45) is 17.8 Å². The molecule has 5 aliphatic rings. The van der Waals surface area contributed by atoms with Crippen LogP contribution in [-0.2, 0) is 15.0 Å². The Hall–Kier alpha value is -3.51. The Kier molecular flexibility index (Phi) is 6.13. The zero-order chi connectivity index (χ0) is 28.6. The lowest BCUT2D eigenvalue weighted by Crippen LogP contribution is -2.54. The van der Waals surface area contributed by atoms with Gasteiger partial charge in [-0.15, -0.1) is 0 Å². The molecule has 3 aromatic rings. The Bertz CT molecular complexity index is 1610. The summed E-state index contributed by atoms with van der Waals surface area (Å²) in [5.41, 5.74) is 8.80. The molecule has 41 heavy (non-hydrogen) atoms. The minimum Gasteiger partial charge on any atom is -0.318 e. The summed E-state index contributed by atoms with van der Waals surface area (Å²) in [4.78, 5) is 28.0. The second-order valence-corrected chi connectivity index (χ2v) is 13.5. The van der Waals surface area contributed by atoms with Gasteiger partial charge in [0.25, 0.3) is 11.8 Å². The van der Waals surface area contributed by atoms with Gasteiger partial charge < -0.3 is 4.57 Å². The van der Waals surface area contributed by atoms with E-state index in [0.29, 0.717) is 11.1 Å². The predicted molar refractivity (Wildman–Crippen MR) is 167 cm³/mol. The van der Waals surface area contributed by atoms with Crippen LogP contribution in [0.15, 0.2) is 54.1 Å². The maximum atomic E-state index is 13.6. The van der Waals surface area contributed by atoms with Gasteiger partial charge in [-0.25, -0.2) is 0 Å². The number of carbonyl (C=O) groups excluding carboxylic acids is 2. The lowest BCUT2D eigenvalue weighted by molar-refractivity contribution is -0.122. The van der Waals surface area contributed by atoms with Crippen molar-refractivity contribution in [1.29, 1.82) is 0 Å². The van der Waals surface area contributed by atoms with Crippen LogP contribution in [0.3, 0.4) is 0 Å². The lowest BCUT2D eigenvalue weighted by Gasteiger charge is -2.57. The smallest absolute Gasteiger partial charge is 0.270 e. The molecule has 5 nitrogen and oxygen atoms in total. The van der Waals surface area contributed by atoms with E-state index in [1.807, 2.05) is 45.0 Å². The monoisotopic (exact) mass is 563 g/mol. The minimum absolute atomic E-state index is 0.0780. The molecule has 4 aliphatic carbocycles. The molecule has 1 aromatic heterocycles. The molecule has 4 bridgehead atoms. The number of amides is 2. The van der Waals surface area contributed by atoms with E-state index in [1.54, 1.807) is 6.08 Å². The van der Waals surface area contributed by atoms with Crippen LogP contribution >= 0.6 is 12.2 Å². The molecule has 1 saturated heterocycles. The maximum Gasteiger partial charge on any atom is 0.270 e. The second-order valence-electron chi connectivity index (χ2n) is 13.1. The van der Waals surface area contributed by atoms with E-state index in [4.69, 9.17) is 12.2 Å². The van der Waals surface area contributed by atoms with Crippen molar-refractivity contribution in [1.82, 2.24) is 9.88 Å². The fraction of sp³-hybridized carbons (Fsp3) is 0.400. The van der Waals surface area contributed by atoms with E-state index >= 15 is 0 Å². The molecular formula is C35H37N3O2S. The van der Waals surface area contributed by atoms with Gasteiger partial charge in [0.15, 0.2) is 5.11 Å². The molecular weight excluding hydrogens is 526 g/mol. The van der Waals surface area contributed by atoms with Gasteiger partial charge in [-0.2, -0.15) is 0 Å². The normalized spacial score (nSPS) is 28.1. The molecule has 0 atom stereocenters. The number of anilines is 1. The van der Waals surface area contributed by atoms with Crippen molar-refractivity contribution in [3.63, 3.8) is 0 Å². The lowest BCUT2D eigenvalue weighted by atomic mass is 9.48. The zero-order valence-corrected chi connectivity index (χ0v) is 25.1. The number of hydrogen-bond donors (Lipinski definition) is 1. The number of hydrogen-bond acceptors (Lipinski definition) is 3. The topological polar surface area (TPSA) is 54.3 Å². The van der Waals surface area contributed by atoms with Gasteiger partial charge in [0.1, 0.15) is 5.57 Å². The van der Waals surface area contributed by atoms with Crippen LogP contribution in [0.4, 0.5) is 5.69 Å². The van der Waals surface area contributed by atoms with Gasteiger partial charge in [0.05, 0.1) is 5.69 Å². The number of rotatable bonds is 4.